The van der Waals surface area contributed by atoms with Crippen LogP contribution in [0.3, 0.4) is 0 Å². The van der Waals surface area contributed by atoms with Crippen molar-refractivity contribution in [2.45, 2.75) is 6.92 Å². The van der Waals surface area contributed by atoms with Crippen molar-refractivity contribution in [3.05, 3.63) is 82.8 Å². The molecule has 0 radical (unpaired) electrons. The molecule has 0 spiro atoms. The van der Waals surface area contributed by atoms with Crippen molar-refractivity contribution in [3.8, 4) is 11.4 Å². The molecule has 1 heterocycles. The van der Waals surface area contributed by atoms with Crippen LogP contribution in [-0.2, 0) is 7.05 Å². The third-order valence-corrected chi connectivity index (χ3v) is 4.61. The summed E-state index contributed by atoms with van der Waals surface area (Å²) >= 11 is 0. The zero-order valence-corrected chi connectivity index (χ0v) is 15.0. The van der Waals surface area contributed by atoms with Crippen LogP contribution in [0.15, 0.2) is 81.8 Å². The van der Waals surface area contributed by atoms with Crippen molar-refractivity contribution in [3.63, 3.8) is 0 Å². The van der Waals surface area contributed by atoms with Gasteiger partial charge < -0.3 is 5.11 Å². The van der Waals surface area contributed by atoms with Crippen molar-refractivity contribution in [1.29, 1.82) is 0 Å². The molecule has 4 aromatic rings. The van der Waals surface area contributed by atoms with Gasteiger partial charge in [0.2, 0.25) is 0 Å². The molecule has 0 bridgehead atoms. The molecule has 0 aliphatic rings. The van der Waals surface area contributed by atoms with Crippen molar-refractivity contribution >= 4 is 22.1 Å². The number of phenols is 1. The first-order valence-electron chi connectivity index (χ1n) is 8.54. The number of phenolic OH excluding ortho intramolecular Hbond substituents is 1. The number of aromatic nitrogens is 2. The molecule has 6 heteroatoms. The second-order valence-corrected chi connectivity index (χ2v) is 6.30. The molecule has 6 nitrogen and oxygen atoms in total. The topological polar surface area (TPSA) is 71.9 Å². The molecule has 0 unspecified atom stereocenters. The highest BCUT2D eigenvalue weighted by Gasteiger charge is 2.16. The Hall–Kier alpha value is -3.67. The minimum Gasteiger partial charge on any atom is -0.508 e. The Morgan fingerprint density at radius 2 is 1.63 bits per heavy atom. The summed E-state index contributed by atoms with van der Waals surface area (Å²) in [5, 5.41) is 20.2. The molecule has 1 aromatic heterocycles. The Labute approximate surface area is 155 Å². The summed E-state index contributed by atoms with van der Waals surface area (Å²) in [7, 11) is 1.81. The Morgan fingerprint density at radius 1 is 0.926 bits per heavy atom. The lowest BCUT2D eigenvalue weighted by Gasteiger charge is -2.07. The van der Waals surface area contributed by atoms with Gasteiger partial charge in [-0.05, 0) is 30.5 Å². The summed E-state index contributed by atoms with van der Waals surface area (Å²) < 4.78 is 3.32. The normalized spacial score (nSPS) is 11.5. The Balaban J connectivity index is 1.84. The van der Waals surface area contributed by atoms with Crippen molar-refractivity contribution in [1.82, 2.24) is 9.36 Å². The first-order chi connectivity index (χ1) is 13.1. The number of nitrogens with zero attached hydrogens (tertiary/aromatic N) is 4. The van der Waals surface area contributed by atoms with Gasteiger partial charge >= 0.3 is 0 Å². The quantitative estimate of drug-likeness (QED) is 0.536. The van der Waals surface area contributed by atoms with E-state index < -0.39 is 0 Å². The van der Waals surface area contributed by atoms with Crippen LogP contribution in [0.1, 0.15) is 5.69 Å². The number of azo groups is 1. The molecule has 4 rings (SSSR count). The number of aromatic hydroxyl groups is 1. The highest BCUT2D eigenvalue weighted by atomic mass is 16.3. The number of para-hydroxylation sites is 1. The summed E-state index contributed by atoms with van der Waals surface area (Å²) in [4.78, 5) is 12.9. The highest BCUT2D eigenvalue weighted by Crippen LogP contribution is 2.32. The van der Waals surface area contributed by atoms with Gasteiger partial charge in [0.05, 0.1) is 17.1 Å². The predicted octanol–water partition coefficient (Wildman–Crippen LogP) is 4.76. The fourth-order valence-corrected chi connectivity index (χ4v) is 3.13. The summed E-state index contributed by atoms with van der Waals surface area (Å²) in [5.74, 6) is 0.106. The van der Waals surface area contributed by atoms with Gasteiger partial charge in [0.15, 0.2) is 5.69 Å². The maximum Gasteiger partial charge on any atom is 0.299 e. The van der Waals surface area contributed by atoms with Crippen LogP contribution in [0.5, 0.6) is 5.75 Å². The predicted molar refractivity (Wildman–Crippen MR) is 106 cm³/mol. The Morgan fingerprint density at radius 3 is 2.41 bits per heavy atom. The second-order valence-electron chi connectivity index (χ2n) is 6.30. The average Bonchev–Trinajstić information content (AvgIpc) is 2.89. The van der Waals surface area contributed by atoms with Gasteiger partial charge in [-0.15, -0.1) is 10.2 Å². The summed E-state index contributed by atoms with van der Waals surface area (Å²) in [6, 6.07) is 20.2. The van der Waals surface area contributed by atoms with Gasteiger partial charge in [0.25, 0.3) is 5.56 Å². The van der Waals surface area contributed by atoms with E-state index in [1.807, 2.05) is 68.6 Å². The lowest BCUT2D eigenvalue weighted by atomic mass is 10.1. The fraction of sp³-hybridized carbons (Fsp3) is 0.0952. The summed E-state index contributed by atoms with van der Waals surface area (Å²) in [5.41, 5.74) is 2.01. The largest absolute Gasteiger partial charge is 0.508 e. The standard InChI is InChI=1S/C21H18N4O2/c1-14-20(21(27)25(24(14)2)16-9-4-3-5-10-16)23-22-19-13-17(26)12-15-8-6-7-11-18(15)19/h3-13,26H,1-2H3. The van der Waals surface area contributed by atoms with Crippen molar-refractivity contribution in [2.24, 2.45) is 17.3 Å². The first kappa shape index (κ1) is 16.8. The van der Waals surface area contributed by atoms with E-state index in [1.54, 1.807) is 21.5 Å². The monoisotopic (exact) mass is 358 g/mol. The first-order valence-corrected chi connectivity index (χ1v) is 8.54. The number of hydrogen-bond donors (Lipinski definition) is 1. The Kier molecular flexibility index (Phi) is 4.08. The average molecular weight is 358 g/mol. The van der Waals surface area contributed by atoms with E-state index in [2.05, 4.69) is 10.2 Å². The smallest absolute Gasteiger partial charge is 0.299 e. The zero-order valence-electron chi connectivity index (χ0n) is 15.0. The number of hydrogen-bond acceptors (Lipinski definition) is 4. The van der Waals surface area contributed by atoms with Gasteiger partial charge in [-0.2, -0.15) is 0 Å². The van der Waals surface area contributed by atoms with E-state index in [0.717, 1.165) is 16.5 Å². The molecule has 3 aromatic carbocycles. The molecule has 0 saturated carbocycles. The molecule has 0 saturated heterocycles. The van der Waals surface area contributed by atoms with Gasteiger partial charge in [-0.3, -0.25) is 9.48 Å². The maximum atomic E-state index is 12.9. The van der Waals surface area contributed by atoms with E-state index in [9.17, 15) is 9.90 Å². The van der Waals surface area contributed by atoms with E-state index >= 15 is 0 Å². The van der Waals surface area contributed by atoms with Gasteiger partial charge in [0, 0.05) is 18.5 Å². The van der Waals surface area contributed by atoms with Gasteiger partial charge in [-0.25, -0.2) is 4.68 Å². The van der Waals surface area contributed by atoms with E-state index in [4.69, 9.17) is 0 Å². The molecule has 1 N–H and O–H groups in total. The van der Waals surface area contributed by atoms with Crippen LogP contribution in [0.25, 0.3) is 16.5 Å². The third-order valence-electron chi connectivity index (χ3n) is 4.61. The van der Waals surface area contributed by atoms with Crippen molar-refractivity contribution < 1.29 is 5.11 Å². The highest BCUT2D eigenvalue weighted by molar-refractivity contribution is 5.93. The lowest BCUT2D eigenvalue weighted by Crippen LogP contribution is -2.19. The number of rotatable bonds is 3. The SMILES string of the molecule is Cc1c(N=Nc2cc(O)cc3ccccc23)c(=O)n(-c2ccccc2)n1C. The maximum absolute atomic E-state index is 12.9. The summed E-state index contributed by atoms with van der Waals surface area (Å²) in [6.45, 7) is 1.83. The van der Waals surface area contributed by atoms with Crippen LogP contribution >= 0.6 is 0 Å². The molecule has 0 aliphatic carbocycles. The molecular weight excluding hydrogens is 340 g/mol. The fourth-order valence-electron chi connectivity index (χ4n) is 3.13. The van der Waals surface area contributed by atoms with E-state index in [0.29, 0.717) is 11.4 Å². The van der Waals surface area contributed by atoms with Crippen molar-refractivity contribution in [2.75, 3.05) is 0 Å². The molecule has 0 fully saturated rings. The molecule has 134 valence electrons. The molecule has 0 amide bonds. The minimum absolute atomic E-state index is 0.106. The zero-order chi connectivity index (χ0) is 19.0. The van der Waals surface area contributed by atoms with Crippen LogP contribution < -0.4 is 5.56 Å². The van der Waals surface area contributed by atoms with Gasteiger partial charge in [0.1, 0.15) is 5.75 Å². The minimum atomic E-state index is -0.241. The molecule has 0 aliphatic heterocycles. The second kappa shape index (κ2) is 6.57. The van der Waals surface area contributed by atoms with Gasteiger partial charge in [-0.1, -0.05) is 42.5 Å². The van der Waals surface area contributed by atoms with E-state index in [1.165, 1.54) is 0 Å². The lowest BCUT2D eigenvalue weighted by molar-refractivity contribution is 0.476. The van der Waals surface area contributed by atoms with Crippen LogP contribution in [0.2, 0.25) is 0 Å². The Bertz CT molecular complexity index is 1220. The number of benzene rings is 3. The molecule has 27 heavy (non-hydrogen) atoms. The molecular formula is C21H18N4O2. The molecule has 0 atom stereocenters. The van der Waals surface area contributed by atoms with Crippen LogP contribution in [0.4, 0.5) is 11.4 Å². The third kappa shape index (κ3) is 2.91. The van der Waals surface area contributed by atoms with E-state index in [-0.39, 0.29) is 17.0 Å². The number of fused-ring (bicyclic) bond motifs is 1. The summed E-state index contributed by atoms with van der Waals surface area (Å²) in [6.07, 6.45) is 0. The van der Waals surface area contributed by atoms with Crippen LogP contribution in [0, 0.1) is 6.92 Å². The van der Waals surface area contributed by atoms with Crippen LogP contribution in [-0.4, -0.2) is 14.5 Å².